The molecule has 0 aliphatic rings. The second-order valence-electron chi connectivity index (χ2n) is 5.27. The molecule has 0 amide bonds. The SMILES string of the molecule is CCCCCCCCCCCCC(O)C(N)(O)O. The summed E-state index contributed by atoms with van der Waals surface area (Å²) in [6.07, 6.45) is 11.2. The van der Waals surface area contributed by atoms with E-state index in [9.17, 15) is 5.11 Å². The molecule has 0 saturated carbocycles. The molecule has 110 valence electrons. The third-order valence-electron chi connectivity index (χ3n) is 3.32. The van der Waals surface area contributed by atoms with Crippen LogP contribution >= 0.6 is 0 Å². The van der Waals surface area contributed by atoms with Crippen LogP contribution in [0.3, 0.4) is 0 Å². The maximum atomic E-state index is 9.28. The number of hydrogen-bond donors (Lipinski definition) is 4. The fraction of sp³-hybridized carbons (Fsp3) is 1.00. The third kappa shape index (κ3) is 11.0. The van der Waals surface area contributed by atoms with Crippen molar-refractivity contribution in [3.05, 3.63) is 0 Å². The zero-order chi connectivity index (χ0) is 13.9. The van der Waals surface area contributed by atoms with Crippen molar-refractivity contribution in [2.24, 2.45) is 5.73 Å². The molecule has 0 spiro atoms. The topological polar surface area (TPSA) is 86.7 Å². The van der Waals surface area contributed by atoms with Crippen LogP contribution in [0.1, 0.15) is 77.6 Å². The second-order valence-corrected chi connectivity index (χ2v) is 5.27. The van der Waals surface area contributed by atoms with Gasteiger partial charge in [0.15, 0.2) is 0 Å². The van der Waals surface area contributed by atoms with E-state index in [1.807, 2.05) is 0 Å². The lowest BCUT2D eigenvalue weighted by molar-refractivity contribution is -0.222. The van der Waals surface area contributed by atoms with Crippen LogP contribution in [0.2, 0.25) is 0 Å². The molecule has 4 heteroatoms. The summed E-state index contributed by atoms with van der Waals surface area (Å²) >= 11 is 0. The van der Waals surface area contributed by atoms with E-state index in [4.69, 9.17) is 15.9 Å². The van der Waals surface area contributed by atoms with Crippen LogP contribution in [0, 0.1) is 0 Å². The summed E-state index contributed by atoms with van der Waals surface area (Å²) in [5, 5.41) is 27.1. The van der Waals surface area contributed by atoms with Crippen LogP contribution in [0.5, 0.6) is 0 Å². The summed E-state index contributed by atoms with van der Waals surface area (Å²) in [5.41, 5.74) is 4.96. The zero-order valence-electron chi connectivity index (χ0n) is 11.8. The highest BCUT2D eigenvalue weighted by molar-refractivity contribution is 4.67. The van der Waals surface area contributed by atoms with E-state index in [1.54, 1.807) is 0 Å². The van der Waals surface area contributed by atoms with Crippen LogP contribution < -0.4 is 5.73 Å². The van der Waals surface area contributed by atoms with Crippen LogP contribution in [-0.4, -0.2) is 27.3 Å². The lowest BCUT2D eigenvalue weighted by Crippen LogP contribution is -2.50. The Bertz CT molecular complexity index is 180. The van der Waals surface area contributed by atoms with Crippen LogP contribution in [0.4, 0.5) is 0 Å². The molecular weight excluding hydrogens is 230 g/mol. The summed E-state index contributed by atoms with van der Waals surface area (Å²) in [5.74, 6) is -2.45. The molecule has 0 aromatic rings. The van der Waals surface area contributed by atoms with Crippen molar-refractivity contribution in [1.82, 2.24) is 0 Å². The largest absolute Gasteiger partial charge is 0.386 e. The Labute approximate surface area is 111 Å². The Morgan fingerprint density at radius 2 is 1.22 bits per heavy atom. The highest BCUT2D eigenvalue weighted by Crippen LogP contribution is 2.13. The van der Waals surface area contributed by atoms with Crippen molar-refractivity contribution in [3.8, 4) is 0 Å². The average Bonchev–Trinajstić information content (AvgIpc) is 2.30. The Balaban J connectivity index is 3.17. The van der Waals surface area contributed by atoms with Gasteiger partial charge in [0.2, 0.25) is 5.91 Å². The number of rotatable bonds is 12. The Hall–Kier alpha value is -0.160. The maximum absolute atomic E-state index is 9.28. The Morgan fingerprint density at radius 3 is 1.61 bits per heavy atom. The van der Waals surface area contributed by atoms with Gasteiger partial charge in [0, 0.05) is 0 Å². The molecule has 0 bridgehead atoms. The zero-order valence-corrected chi connectivity index (χ0v) is 11.8. The average molecular weight is 261 g/mol. The van der Waals surface area contributed by atoms with Gasteiger partial charge >= 0.3 is 0 Å². The van der Waals surface area contributed by atoms with Gasteiger partial charge in [0.05, 0.1) is 0 Å². The van der Waals surface area contributed by atoms with Gasteiger partial charge in [-0.25, -0.2) is 0 Å². The molecule has 0 aromatic heterocycles. The van der Waals surface area contributed by atoms with Crippen molar-refractivity contribution < 1.29 is 15.3 Å². The van der Waals surface area contributed by atoms with Crippen molar-refractivity contribution in [1.29, 1.82) is 0 Å². The van der Waals surface area contributed by atoms with Crippen molar-refractivity contribution >= 4 is 0 Å². The fourth-order valence-corrected chi connectivity index (χ4v) is 2.04. The number of unbranched alkanes of at least 4 members (excludes halogenated alkanes) is 9. The second kappa shape index (κ2) is 10.7. The van der Waals surface area contributed by atoms with Gasteiger partial charge in [0.1, 0.15) is 6.10 Å². The maximum Gasteiger partial charge on any atom is 0.247 e. The summed E-state index contributed by atoms with van der Waals surface area (Å²) < 4.78 is 0. The van der Waals surface area contributed by atoms with Gasteiger partial charge in [-0.2, -0.15) is 0 Å². The Morgan fingerprint density at radius 1 is 0.833 bits per heavy atom. The molecule has 0 rings (SSSR count). The molecule has 0 aliphatic heterocycles. The predicted octanol–water partition coefficient (Wildman–Crippen LogP) is 2.26. The molecule has 0 aliphatic carbocycles. The molecule has 1 atom stereocenters. The number of aliphatic hydroxyl groups excluding tert-OH is 1. The summed E-state index contributed by atoms with van der Waals surface area (Å²) in [4.78, 5) is 0. The van der Waals surface area contributed by atoms with Crippen LogP contribution in [-0.2, 0) is 0 Å². The summed E-state index contributed by atoms with van der Waals surface area (Å²) in [6.45, 7) is 2.23. The van der Waals surface area contributed by atoms with Gasteiger partial charge in [-0.3, -0.25) is 5.73 Å². The quantitative estimate of drug-likeness (QED) is 0.320. The minimum Gasteiger partial charge on any atom is -0.386 e. The standard InChI is InChI=1S/C14H31NO3/c1-2-3-4-5-6-7-8-9-10-11-12-13(16)14(15,17)18/h13,16-18H,2-12,15H2,1H3. The van der Waals surface area contributed by atoms with E-state index in [2.05, 4.69) is 6.92 Å². The van der Waals surface area contributed by atoms with Crippen LogP contribution in [0.15, 0.2) is 0 Å². The molecule has 0 aromatic carbocycles. The lowest BCUT2D eigenvalue weighted by Gasteiger charge is -2.22. The molecule has 5 N–H and O–H groups in total. The van der Waals surface area contributed by atoms with E-state index in [0.717, 1.165) is 19.3 Å². The third-order valence-corrected chi connectivity index (χ3v) is 3.32. The van der Waals surface area contributed by atoms with E-state index in [-0.39, 0.29) is 0 Å². The van der Waals surface area contributed by atoms with Gasteiger partial charge < -0.3 is 15.3 Å². The summed E-state index contributed by atoms with van der Waals surface area (Å²) in [7, 11) is 0. The van der Waals surface area contributed by atoms with Crippen molar-refractivity contribution in [3.63, 3.8) is 0 Å². The number of nitrogens with two attached hydrogens (primary N) is 1. The molecule has 0 radical (unpaired) electrons. The van der Waals surface area contributed by atoms with E-state index in [1.165, 1.54) is 44.9 Å². The normalized spacial score (nSPS) is 13.8. The number of hydrogen-bond acceptors (Lipinski definition) is 4. The Kier molecular flexibility index (Phi) is 10.6. The lowest BCUT2D eigenvalue weighted by atomic mass is 10.0. The molecule has 1 unspecified atom stereocenters. The first-order valence-corrected chi connectivity index (χ1v) is 7.40. The first-order valence-electron chi connectivity index (χ1n) is 7.40. The van der Waals surface area contributed by atoms with E-state index in [0.29, 0.717) is 6.42 Å². The molecule has 18 heavy (non-hydrogen) atoms. The first-order chi connectivity index (χ1) is 8.48. The monoisotopic (exact) mass is 261 g/mol. The minimum atomic E-state index is -2.45. The van der Waals surface area contributed by atoms with Crippen LogP contribution in [0.25, 0.3) is 0 Å². The van der Waals surface area contributed by atoms with Gasteiger partial charge in [-0.15, -0.1) is 0 Å². The summed E-state index contributed by atoms with van der Waals surface area (Å²) in [6, 6.07) is 0. The number of aliphatic hydroxyl groups is 3. The molecule has 0 saturated heterocycles. The van der Waals surface area contributed by atoms with Gasteiger partial charge in [0.25, 0.3) is 0 Å². The first kappa shape index (κ1) is 17.8. The molecule has 4 nitrogen and oxygen atoms in total. The molecule has 0 fully saturated rings. The minimum absolute atomic E-state index is 0.347. The van der Waals surface area contributed by atoms with E-state index >= 15 is 0 Å². The predicted molar refractivity (Wildman–Crippen MR) is 73.8 cm³/mol. The van der Waals surface area contributed by atoms with Gasteiger partial charge in [-0.1, -0.05) is 71.1 Å². The highest BCUT2D eigenvalue weighted by Gasteiger charge is 2.26. The van der Waals surface area contributed by atoms with Crippen molar-refractivity contribution in [2.45, 2.75) is 89.6 Å². The highest BCUT2D eigenvalue weighted by atomic mass is 16.5. The smallest absolute Gasteiger partial charge is 0.247 e. The fourth-order valence-electron chi connectivity index (χ4n) is 2.04. The van der Waals surface area contributed by atoms with E-state index < -0.39 is 12.0 Å². The molecular formula is C14H31NO3. The van der Waals surface area contributed by atoms with Gasteiger partial charge in [-0.05, 0) is 6.42 Å². The van der Waals surface area contributed by atoms with Crippen molar-refractivity contribution in [2.75, 3.05) is 0 Å². The molecule has 0 heterocycles.